The molecule has 0 saturated heterocycles. The number of rotatable bonds is 6. The normalized spacial score (nSPS) is 13.5. The summed E-state index contributed by atoms with van der Waals surface area (Å²) in [5, 5.41) is 18.5. The first kappa shape index (κ1) is 16.9. The number of hydrogen-bond donors (Lipinski definition) is 2. The van der Waals surface area contributed by atoms with Gasteiger partial charge in [-0.05, 0) is 16.6 Å². The van der Waals surface area contributed by atoms with Crippen molar-refractivity contribution in [1.29, 1.82) is 0 Å². The molecule has 2 N–H and O–H groups in total. The lowest BCUT2D eigenvalue weighted by molar-refractivity contribution is -0.134. The SMILES string of the molecule is CC(C)[Si](/C(=C/C(=O)O)C(=O)O)(C(C)C)C(C)C. The number of carboxylic acid groups (broad SMARTS) is 2. The summed E-state index contributed by atoms with van der Waals surface area (Å²) in [6.45, 7) is 12.0. The van der Waals surface area contributed by atoms with Gasteiger partial charge in [0, 0.05) is 11.3 Å². The van der Waals surface area contributed by atoms with Crippen LogP contribution in [0.15, 0.2) is 11.3 Å². The Bertz CT molecular complexity index is 334. The minimum atomic E-state index is -2.40. The van der Waals surface area contributed by atoms with Gasteiger partial charge in [-0.25, -0.2) is 9.59 Å². The molecule has 0 aromatic carbocycles. The Hall–Kier alpha value is -1.10. The van der Waals surface area contributed by atoms with E-state index in [4.69, 9.17) is 5.11 Å². The van der Waals surface area contributed by atoms with Crippen LogP contribution in [0.3, 0.4) is 0 Å². The van der Waals surface area contributed by atoms with Crippen molar-refractivity contribution in [3.63, 3.8) is 0 Å². The highest BCUT2D eigenvalue weighted by atomic mass is 28.3. The van der Waals surface area contributed by atoms with Crippen LogP contribution in [0.2, 0.25) is 16.6 Å². The van der Waals surface area contributed by atoms with Crippen molar-refractivity contribution in [2.24, 2.45) is 0 Å². The van der Waals surface area contributed by atoms with Crippen molar-refractivity contribution in [2.75, 3.05) is 0 Å². The molecule has 0 radical (unpaired) electrons. The van der Waals surface area contributed by atoms with Crippen LogP contribution >= 0.6 is 0 Å². The molecule has 104 valence electrons. The van der Waals surface area contributed by atoms with Gasteiger partial charge in [0.1, 0.15) is 8.07 Å². The van der Waals surface area contributed by atoms with Crippen LogP contribution in [0.4, 0.5) is 0 Å². The van der Waals surface area contributed by atoms with Gasteiger partial charge in [0.2, 0.25) is 0 Å². The van der Waals surface area contributed by atoms with Gasteiger partial charge >= 0.3 is 11.9 Å². The lowest BCUT2D eigenvalue weighted by Gasteiger charge is -2.43. The summed E-state index contributed by atoms with van der Waals surface area (Å²) in [6, 6.07) is 0. The molecule has 0 unspecified atom stereocenters. The number of carboxylic acids is 2. The molecule has 0 aromatic heterocycles. The molecule has 4 nitrogen and oxygen atoms in total. The zero-order chi connectivity index (χ0) is 14.7. The number of carbonyl (C=O) groups is 2. The largest absolute Gasteiger partial charge is 0.478 e. The van der Waals surface area contributed by atoms with Crippen LogP contribution in [-0.2, 0) is 9.59 Å². The maximum Gasteiger partial charge on any atom is 0.328 e. The van der Waals surface area contributed by atoms with E-state index in [1.165, 1.54) is 0 Å². The summed E-state index contributed by atoms with van der Waals surface area (Å²) in [6.07, 6.45) is 0.911. The van der Waals surface area contributed by atoms with Crippen molar-refractivity contribution in [3.8, 4) is 0 Å². The fourth-order valence-corrected chi connectivity index (χ4v) is 10.0. The summed E-state index contributed by atoms with van der Waals surface area (Å²) >= 11 is 0. The maximum absolute atomic E-state index is 11.5. The van der Waals surface area contributed by atoms with Crippen molar-refractivity contribution in [1.82, 2.24) is 0 Å². The minimum absolute atomic E-state index is 0.134. The van der Waals surface area contributed by atoms with E-state index >= 15 is 0 Å². The third-order valence-electron chi connectivity index (χ3n) is 3.83. The summed E-state index contributed by atoms with van der Waals surface area (Å²) < 4.78 is 0. The molecule has 0 aromatic rings. The zero-order valence-corrected chi connectivity index (χ0v) is 13.0. The Balaban J connectivity index is 6.12. The first-order chi connectivity index (χ1) is 8.08. The second kappa shape index (κ2) is 6.18. The molecular formula is C13H24O4Si. The van der Waals surface area contributed by atoms with Crippen LogP contribution < -0.4 is 0 Å². The fourth-order valence-electron chi connectivity index (χ4n) is 3.43. The van der Waals surface area contributed by atoms with Gasteiger partial charge in [-0.3, -0.25) is 0 Å². The predicted octanol–water partition coefficient (Wildman–Crippen LogP) is 3.30. The molecule has 18 heavy (non-hydrogen) atoms. The van der Waals surface area contributed by atoms with Crippen LogP contribution in [-0.4, -0.2) is 30.2 Å². The molecule has 0 rings (SSSR count). The van der Waals surface area contributed by atoms with Gasteiger partial charge in [0.25, 0.3) is 0 Å². The quantitative estimate of drug-likeness (QED) is 0.574. The molecule has 0 aliphatic carbocycles. The van der Waals surface area contributed by atoms with E-state index in [0.717, 1.165) is 6.08 Å². The number of aliphatic carboxylic acids is 2. The standard InChI is InChI=1S/C13H24O4Si/c1-8(2)18(9(3)4,10(5)6)11(13(16)17)7-12(14)15/h7-10H,1-6H3,(H,14,15)(H,16,17)/b11-7+. The van der Waals surface area contributed by atoms with E-state index in [9.17, 15) is 14.7 Å². The van der Waals surface area contributed by atoms with Gasteiger partial charge in [-0.2, -0.15) is 0 Å². The molecule has 0 heterocycles. The van der Waals surface area contributed by atoms with Crippen molar-refractivity contribution in [2.45, 2.75) is 58.2 Å². The fraction of sp³-hybridized carbons (Fsp3) is 0.692. The Labute approximate surface area is 110 Å². The van der Waals surface area contributed by atoms with Crippen LogP contribution in [0.25, 0.3) is 0 Å². The van der Waals surface area contributed by atoms with Crippen LogP contribution in [0.5, 0.6) is 0 Å². The van der Waals surface area contributed by atoms with Gasteiger partial charge in [-0.1, -0.05) is 41.5 Å². The monoisotopic (exact) mass is 272 g/mol. The molecule has 0 bridgehead atoms. The smallest absolute Gasteiger partial charge is 0.328 e. The van der Waals surface area contributed by atoms with E-state index in [1.807, 2.05) is 41.5 Å². The highest BCUT2D eigenvalue weighted by Crippen LogP contribution is 2.46. The van der Waals surface area contributed by atoms with Crippen molar-refractivity contribution >= 4 is 20.0 Å². The van der Waals surface area contributed by atoms with E-state index < -0.39 is 20.0 Å². The third kappa shape index (κ3) is 3.01. The molecule has 0 amide bonds. The average molecular weight is 272 g/mol. The second-order valence-electron chi connectivity index (χ2n) is 5.60. The average Bonchev–Trinajstić information content (AvgIpc) is 2.14. The van der Waals surface area contributed by atoms with E-state index in [2.05, 4.69) is 0 Å². The molecule has 0 fully saturated rings. The Kier molecular flexibility index (Phi) is 5.80. The molecular weight excluding hydrogens is 248 g/mol. The van der Waals surface area contributed by atoms with Gasteiger partial charge in [0.05, 0.1) is 0 Å². The third-order valence-corrected chi connectivity index (χ3v) is 10.9. The van der Waals surface area contributed by atoms with Crippen LogP contribution in [0.1, 0.15) is 41.5 Å². The summed E-state index contributed by atoms with van der Waals surface area (Å²) in [5.74, 6) is -2.26. The van der Waals surface area contributed by atoms with Gasteiger partial charge in [-0.15, -0.1) is 0 Å². The van der Waals surface area contributed by atoms with Crippen molar-refractivity contribution in [3.05, 3.63) is 11.3 Å². The first-order valence-corrected chi connectivity index (χ1v) is 8.49. The molecule has 0 aliphatic heterocycles. The van der Waals surface area contributed by atoms with Crippen molar-refractivity contribution < 1.29 is 19.8 Å². The molecule has 0 atom stereocenters. The van der Waals surface area contributed by atoms with E-state index in [-0.39, 0.29) is 21.8 Å². The summed E-state index contributed by atoms with van der Waals surface area (Å²) in [4.78, 5) is 22.4. The summed E-state index contributed by atoms with van der Waals surface area (Å²) in [7, 11) is -2.40. The highest BCUT2D eigenvalue weighted by Gasteiger charge is 2.48. The van der Waals surface area contributed by atoms with Crippen LogP contribution in [0, 0.1) is 0 Å². The van der Waals surface area contributed by atoms with E-state index in [1.54, 1.807) is 0 Å². The Morgan fingerprint density at radius 2 is 1.22 bits per heavy atom. The first-order valence-electron chi connectivity index (χ1n) is 6.26. The highest BCUT2D eigenvalue weighted by molar-refractivity contribution is 6.93. The molecule has 0 aliphatic rings. The van der Waals surface area contributed by atoms with E-state index in [0.29, 0.717) is 0 Å². The lowest BCUT2D eigenvalue weighted by atomic mass is 10.5. The second-order valence-corrected chi connectivity index (χ2v) is 11.5. The molecule has 0 spiro atoms. The van der Waals surface area contributed by atoms with Gasteiger partial charge in [0.15, 0.2) is 0 Å². The Morgan fingerprint density at radius 3 is 1.39 bits per heavy atom. The molecule has 5 heteroatoms. The lowest BCUT2D eigenvalue weighted by Crippen LogP contribution is -2.49. The molecule has 0 saturated carbocycles. The number of hydrogen-bond acceptors (Lipinski definition) is 2. The predicted molar refractivity (Wildman–Crippen MR) is 74.4 cm³/mol. The Morgan fingerprint density at radius 1 is 0.889 bits per heavy atom. The topological polar surface area (TPSA) is 74.6 Å². The van der Waals surface area contributed by atoms with Gasteiger partial charge < -0.3 is 10.2 Å². The maximum atomic E-state index is 11.5. The summed E-state index contributed by atoms with van der Waals surface area (Å²) in [5.41, 5.74) is 0.539. The zero-order valence-electron chi connectivity index (χ0n) is 12.0. The minimum Gasteiger partial charge on any atom is -0.478 e.